The van der Waals surface area contributed by atoms with Gasteiger partial charge in [-0.3, -0.25) is 4.79 Å². The summed E-state index contributed by atoms with van der Waals surface area (Å²) in [5, 5.41) is 2.18. The number of benzene rings is 1. The minimum Gasteiger partial charge on any atom is -0.337 e. The molecule has 1 aromatic carbocycles. The third kappa shape index (κ3) is 4.58. The molecule has 2 aromatic rings. The fraction of sp³-hybridized carbons (Fsp3) is 0.450. The van der Waals surface area contributed by atoms with Crippen LogP contribution in [0.25, 0.3) is 0 Å². The maximum absolute atomic E-state index is 12.6. The Morgan fingerprint density at radius 1 is 1.04 bits per heavy atom. The molecule has 6 nitrogen and oxygen atoms in total. The minimum atomic E-state index is 0.209. The molecule has 2 N–H and O–H groups in total. The molecule has 0 saturated carbocycles. The molecule has 0 unspecified atom stereocenters. The van der Waals surface area contributed by atoms with E-state index in [1.807, 2.05) is 17.0 Å². The molecule has 0 bridgehead atoms. The molecule has 1 aromatic heterocycles. The second-order valence-electron chi connectivity index (χ2n) is 7.04. The first-order valence-corrected chi connectivity index (χ1v) is 9.33. The van der Waals surface area contributed by atoms with E-state index in [4.69, 9.17) is 0 Å². The van der Waals surface area contributed by atoms with Crippen molar-refractivity contribution in [3.05, 3.63) is 54.4 Å². The Kier molecular flexibility index (Phi) is 6.17. The van der Waals surface area contributed by atoms with Gasteiger partial charge < -0.3 is 15.1 Å². The van der Waals surface area contributed by atoms with Gasteiger partial charge in [-0.05, 0) is 6.07 Å². The Hall–Kier alpha value is -2.47. The van der Waals surface area contributed by atoms with E-state index in [-0.39, 0.29) is 5.91 Å². The number of hydrogen-bond acceptors (Lipinski definition) is 4. The average molecular weight is 354 g/mol. The van der Waals surface area contributed by atoms with E-state index in [0.29, 0.717) is 18.5 Å². The number of nitrogens with zero attached hydrogens (tertiary/aromatic N) is 4. The van der Waals surface area contributed by atoms with Gasteiger partial charge in [-0.15, -0.1) is 0 Å². The lowest BCUT2D eigenvalue weighted by Gasteiger charge is -2.34. The molecule has 1 aliphatic rings. The van der Waals surface area contributed by atoms with Gasteiger partial charge in [-0.1, -0.05) is 44.2 Å². The van der Waals surface area contributed by atoms with Crippen LogP contribution in [0.5, 0.6) is 0 Å². The van der Waals surface area contributed by atoms with Crippen LogP contribution >= 0.6 is 0 Å². The average Bonchev–Trinajstić information content (AvgIpc) is 2.69. The number of anilines is 1. The number of hydrogen-bond donors (Lipinski definition) is 1. The monoisotopic (exact) mass is 354 g/mol. The first-order valence-electron chi connectivity index (χ1n) is 9.33. The van der Waals surface area contributed by atoms with Crippen molar-refractivity contribution in [3.8, 4) is 0 Å². The Morgan fingerprint density at radius 3 is 2.31 bits per heavy atom. The maximum atomic E-state index is 12.6. The fourth-order valence-corrected chi connectivity index (χ4v) is 3.44. The van der Waals surface area contributed by atoms with Gasteiger partial charge in [0.15, 0.2) is 6.54 Å². The predicted octanol–water partition coefficient (Wildman–Crippen LogP) is 1.09. The minimum absolute atomic E-state index is 0.209. The number of carbonyl (C=O) groups excluding carboxylic acids is 1. The standard InChI is InChI=1S/C20H27N5O/c1-16(2)19(17-7-4-3-5-8-17)23-15-18(26)24-11-13-25(14-12-24)20-21-9-6-10-22-20/h3-10,16,19,23H,11-15H2,1-2H3/p+1/t19-/m0/s1. The van der Waals surface area contributed by atoms with Crippen LogP contribution in [0.2, 0.25) is 0 Å². The van der Waals surface area contributed by atoms with Gasteiger partial charge in [0.05, 0.1) is 0 Å². The van der Waals surface area contributed by atoms with Crippen LogP contribution in [0, 0.1) is 5.92 Å². The lowest BCUT2D eigenvalue weighted by molar-refractivity contribution is -0.692. The normalized spacial score (nSPS) is 16.0. The van der Waals surface area contributed by atoms with Gasteiger partial charge in [-0.25, -0.2) is 9.97 Å². The zero-order valence-corrected chi connectivity index (χ0v) is 15.6. The molecule has 0 aliphatic carbocycles. The van der Waals surface area contributed by atoms with E-state index < -0.39 is 0 Å². The van der Waals surface area contributed by atoms with Crippen molar-refractivity contribution in [2.75, 3.05) is 37.6 Å². The van der Waals surface area contributed by atoms with Crippen LogP contribution in [0.3, 0.4) is 0 Å². The van der Waals surface area contributed by atoms with Crippen LogP contribution in [0.4, 0.5) is 5.95 Å². The van der Waals surface area contributed by atoms with Crippen LogP contribution in [-0.2, 0) is 4.79 Å². The summed E-state index contributed by atoms with van der Waals surface area (Å²) in [6.07, 6.45) is 3.51. The van der Waals surface area contributed by atoms with Gasteiger partial charge >= 0.3 is 0 Å². The molecule has 1 aliphatic heterocycles. The van der Waals surface area contributed by atoms with Crippen LogP contribution in [0.1, 0.15) is 25.5 Å². The van der Waals surface area contributed by atoms with Gasteiger partial charge in [0, 0.05) is 50.1 Å². The number of piperazine rings is 1. The van der Waals surface area contributed by atoms with Crippen molar-refractivity contribution in [1.29, 1.82) is 0 Å². The van der Waals surface area contributed by atoms with Crippen molar-refractivity contribution in [2.45, 2.75) is 19.9 Å². The molecule has 26 heavy (non-hydrogen) atoms. The summed E-state index contributed by atoms with van der Waals surface area (Å²) in [5.74, 6) is 1.42. The predicted molar refractivity (Wildman–Crippen MR) is 102 cm³/mol. The summed E-state index contributed by atoms with van der Waals surface area (Å²) in [4.78, 5) is 25.3. The summed E-state index contributed by atoms with van der Waals surface area (Å²) in [6, 6.07) is 12.6. The summed E-state index contributed by atoms with van der Waals surface area (Å²) in [7, 11) is 0. The smallest absolute Gasteiger partial charge is 0.277 e. The summed E-state index contributed by atoms with van der Waals surface area (Å²) in [5.41, 5.74) is 1.28. The molecular weight excluding hydrogens is 326 g/mol. The van der Waals surface area contributed by atoms with Crippen LogP contribution < -0.4 is 10.2 Å². The third-order valence-corrected chi connectivity index (χ3v) is 4.92. The molecule has 0 spiro atoms. The van der Waals surface area contributed by atoms with E-state index in [1.165, 1.54) is 5.56 Å². The third-order valence-electron chi connectivity index (χ3n) is 4.92. The Labute approximate surface area is 155 Å². The molecule has 1 saturated heterocycles. The Balaban J connectivity index is 1.51. The van der Waals surface area contributed by atoms with Gasteiger partial charge in [0.25, 0.3) is 5.91 Å². The molecule has 3 rings (SSSR count). The molecule has 0 radical (unpaired) electrons. The summed E-state index contributed by atoms with van der Waals surface area (Å²) < 4.78 is 0. The largest absolute Gasteiger partial charge is 0.337 e. The number of amides is 1. The van der Waals surface area contributed by atoms with E-state index >= 15 is 0 Å². The van der Waals surface area contributed by atoms with Crippen molar-refractivity contribution in [1.82, 2.24) is 14.9 Å². The first kappa shape index (κ1) is 18.3. The Bertz CT molecular complexity index is 684. The second-order valence-corrected chi connectivity index (χ2v) is 7.04. The zero-order valence-electron chi connectivity index (χ0n) is 15.6. The summed E-state index contributed by atoms with van der Waals surface area (Å²) >= 11 is 0. The SMILES string of the molecule is CC(C)[C@H]([NH2+]CC(=O)N1CCN(c2ncccn2)CC1)c1ccccc1. The van der Waals surface area contributed by atoms with Crippen molar-refractivity contribution >= 4 is 11.9 Å². The molecule has 1 amide bonds. The van der Waals surface area contributed by atoms with E-state index in [2.05, 4.69) is 58.3 Å². The van der Waals surface area contributed by atoms with E-state index in [1.54, 1.807) is 12.4 Å². The highest BCUT2D eigenvalue weighted by atomic mass is 16.2. The van der Waals surface area contributed by atoms with Crippen LogP contribution in [-0.4, -0.2) is 53.5 Å². The quantitative estimate of drug-likeness (QED) is 0.843. The highest BCUT2D eigenvalue weighted by Crippen LogP contribution is 2.17. The molecule has 1 fully saturated rings. The lowest BCUT2D eigenvalue weighted by atomic mass is 9.96. The van der Waals surface area contributed by atoms with Crippen molar-refractivity contribution in [2.24, 2.45) is 5.92 Å². The molecule has 2 heterocycles. The molecular formula is C20H28N5O+. The number of carbonyl (C=O) groups is 1. The van der Waals surface area contributed by atoms with Gasteiger partial charge in [0.2, 0.25) is 5.95 Å². The zero-order chi connectivity index (χ0) is 18.4. The fourth-order valence-electron chi connectivity index (χ4n) is 3.44. The number of quaternary nitrogens is 1. The Morgan fingerprint density at radius 2 is 1.69 bits per heavy atom. The maximum Gasteiger partial charge on any atom is 0.277 e. The number of aromatic nitrogens is 2. The van der Waals surface area contributed by atoms with E-state index in [0.717, 1.165) is 32.1 Å². The molecule has 138 valence electrons. The van der Waals surface area contributed by atoms with Gasteiger partial charge in [-0.2, -0.15) is 0 Å². The highest BCUT2D eigenvalue weighted by Gasteiger charge is 2.25. The van der Waals surface area contributed by atoms with Crippen LogP contribution in [0.15, 0.2) is 48.8 Å². The lowest BCUT2D eigenvalue weighted by Crippen LogP contribution is -2.88. The van der Waals surface area contributed by atoms with Crippen molar-refractivity contribution in [3.63, 3.8) is 0 Å². The number of nitrogens with two attached hydrogens (primary N) is 1. The second kappa shape index (κ2) is 8.76. The van der Waals surface area contributed by atoms with Gasteiger partial charge in [0.1, 0.15) is 6.04 Å². The topological polar surface area (TPSA) is 65.9 Å². The highest BCUT2D eigenvalue weighted by molar-refractivity contribution is 5.77. The molecule has 1 atom stereocenters. The molecule has 6 heteroatoms. The summed E-state index contributed by atoms with van der Waals surface area (Å²) in [6.45, 7) is 7.91. The number of rotatable bonds is 6. The van der Waals surface area contributed by atoms with Crippen molar-refractivity contribution < 1.29 is 10.1 Å². The first-order chi connectivity index (χ1) is 12.6. The van der Waals surface area contributed by atoms with E-state index in [9.17, 15) is 4.79 Å².